The van der Waals surface area contributed by atoms with E-state index in [4.69, 9.17) is 0 Å². The lowest BCUT2D eigenvalue weighted by atomic mass is 11.6. The highest BCUT2D eigenvalue weighted by Crippen LogP contribution is 1.87. The quantitative estimate of drug-likeness (QED) is 0.380. The Kier molecular flexibility index (Phi) is 8.31. The molecule has 0 aromatic rings. The van der Waals surface area contributed by atoms with Gasteiger partial charge >= 0.3 is 29.7 Å². The van der Waals surface area contributed by atoms with Crippen molar-refractivity contribution in [3.63, 3.8) is 0 Å². The van der Waals surface area contributed by atoms with Crippen LogP contribution in [0.25, 0.3) is 0 Å². The first-order chi connectivity index (χ1) is 1.73. The molecule has 0 radical (unpaired) electrons. The van der Waals surface area contributed by atoms with Crippen LogP contribution in [-0.2, 0) is 0 Å². The summed E-state index contributed by atoms with van der Waals surface area (Å²) in [5, 5.41) is 0. The van der Waals surface area contributed by atoms with Gasteiger partial charge in [0.05, 0.1) is 0 Å². The molecule has 0 aliphatic carbocycles. The van der Waals surface area contributed by atoms with Crippen molar-refractivity contribution < 1.29 is 13.2 Å². The van der Waals surface area contributed by atoms with Crippen LogP contribution in [0.2, 0.25) is 0 Å². The third-order valence-corrected chi connectivity index (χ3v) is 0. The van der Waals surface area contributed by atoms with Gasteiger partial charge in [-0.1, -0.05) is 0 Å². The minimum Gasteiger partial charge on any atom is -0.174 e. The molecule has 0 atom stereocenters. The molecule has 0 heterocycles. The average molecular weight is 96.3 g/mol. The Morgan fingerprint density at radius 1 is 1.00 bits per heavy atom. The summed E-state index contributed by atoms with van der Waals surface area (Å²) in [7, 11) is 0. The lowest BCUT2D eigenvalue weighted by Crippen LogP contribution is -1.65. The number of hydrogen-bond donors (Lipinski definition) is 0. The van der Waals surface area contributed by atoms with Crippen molar-refractivity contribution in [2.24, 2.45) is 0 Å². The van der Waals surface area contributed by atoms with E-state index in [-0.39, 0.29) is 23.1 Å². The van der Waals surface area contributed by atoms with Crippen molar-refractivity contribution in [1.82, 2.24) is 0 Å². The Bertz CT molecular complexity index is 11.6. The van der Waals surface area contributed by atoms with E-state index in [1.807, 2.05) is 0 Å². The summed E-state index contributed by atoms with van der Waals surface area (Å²) in [6.45, 7) is -3.67. The first kappa shape index (κ1) is 9.12. The second-order valence-electron chi connectivity index (χ2n) is 0.247. The molecule has 0 amide bonds. The van der Waals surface area contributed by atoms with Gasteiger partial charge in [0.1, 0.15) is 0 Å². The fraction of sp³-hybridized carbons (Fsp3) is 1.00. The van der Waals surface area contributed by atoms with Crippen molar-refractivity contribution in [1.29, 1.82) is 0 Å². The first-order valence-electron chi connectivity index (χ1n) is 0.655. The van der Waals surface area contributed by atoms with Crippen LogP contribution in [0.1, 0.15) is 0 Å². The van der Waals surface area contributed by atoms with Crippen molar-refractivity contribution >= 4 is 23.1 Å². The number of rotatable bonds is 0. The van der Waals surface area contributed by atoms with Crippen LogP contribution in [0.3, 0.4) is 0 Å². The topological polar surface area (TPSA) is 0 Å². The van der Waals surface area contributed by atoms with Crippen molar-refractivity contribution in [3.05, 3.63) is 0 Å². The highest BCUT2D eigenvalue weighted by atomic mass is 24.3. The van der Waals surface area contributed by atoms with Gasteiger partial charge in [-0.15, -0.1) is 0 Å². The normalized spacial score (nSPS) is 7.20. The maximum absolute atomic E-state index is 9.67. The molecule has 0 fully saturated rings. The third kappa shape index (κ3) is 96.2. The van der Waals surface area contributed by atoms with Gasteiger partial charge < -0.3 is 0 Å². The van der Waals surface area contributed by atoms with Crippen molar-refractivity contribution in [3.8, 4) is 0 Å². The molecule has 0 aliphatic rings. The second-order valence-corrected chi connectivity index (χ2v) is 0.247. The maximum atomic E-state index is 9.67. The molecule has 5 heavy (non-hydrogen) atoms. The van der Waals surface area contributed by atoms with Crippen LogP contribution in [0.15, 0.2) is 0 Å². The molecule has 0 aromatic carbocycles. The highest BCUT2D eigenvalue weighted by Gasteiger charge is 1.86. The summed E-state index contributed by atoms with van der Waals surface area (Å²) >= 11 is 0. The number of halogens is 3. The fourth-order valence-electron chi connectivity index (χ4n) is 0. The lowest BCUT2D eigenvalue weighted by Gasteiger charge is -1.65. The van der Waals surface area contributed by atoms with Gasteiger partial charge in [-0.2, -0.15) is 13.2 Å². The predicted molar refractivity (Wildman–Crippen MR) is 15.7 cm³/mol. The number of hydrogen-bond acceptors (Lipinski definition) is 0. The van der Waals surface area contributed by atoms with Gasteiger partial charge in [0, 0.05) is 0 Å². The largest absolute Gasteiger partial charge is 0.379 e. The summed E-state index contributed by atoms with van der Waals surface area (Å²) in [5.41, 5.74) is 0. The van der Waals surface area contributed by atoms with Gasteiger partial charge in [-0.05, 0) is 0 Å². The van der Waals surface area contributed by atoms with Crippen LogP contribution in [-0.4, -0.2) is 29.7 Å². The summed E-state index contributed by atoms with van der Waals surface area (Å²) in [5.74, 6) is 0. The Balaban J connectivity index is 0. The SMILES string of the molecule is FC(F)F.[MgH2]. The molecular formula is CH3F3Mg. The zero-order valence-electron chi connectivity index (χ0n) is 1.71. The average Bonchev–Trinajstić information content (AvgIpc) is 0.811. The van der Waals surface area contributed by atoms with E-state index >= 15 is 0 Å². The molecule has 0 saturated carbocycles. The van der Waals surface area contributed by atoms with E-state index in [9.17, 15) is 13.2 Å². The Hall–Kier alpha value is 0.556. The molecule has 0 rings (SSSR count). The van der Waals surface area contributed by atoms with Crippen molar-refractivity contribution in [2.75, 3.05) is 0 Å². The summed E-state index contributed by atoms with van der Waals surface area (Å²) < 4.78 is 29.0. The minimum absolute atomic E-state index is 0. The zero-order chi connectivity index (χ0) is 3.58. The highest BCUT2D eigenvalue weighted by molar-refractivity contribution is 5.75. The zero-order valence-corrected chi connectivity index (χ0v) is 1.71. The van der Waals surface area contributed by atoms with E-state index < -0.39 is 6.68 Å². The molecule has 0 aromatic heterocycles. The summed E-state index contributed by atoms with van der Waals surface area (Å²) in [4.78, 5) is 0. The maximum Gasteiger partial charge on any atom is 0.379 e. The lowest BCUT2D eigenvalue weighted by molar-refractivity contribution is 0.00819. The molecule has 0 N–H and O–H groups in total. The van der Waals surface area contributed by atoms with Crippen LogP contribution < -0.4 is 0 Å². The molecule has 30 valence electrons. The van der Waals surface area contributed by atoms with E-state index in [1.165, 1.54) is 0 Å². The number of alkyl halides is 3. The first-order valence-corrected chi connectivity index (χ1v) is 0.655. The third-order valence-electron chi connectivity index (χ3n) is 0. The molecular weight excluding hydrogens is 93.3 g/mol. The van der Waals surface area contributed by atoms with Gasteiger partial charge in [0.25, 0.3) is 0 Å². The van der Waals surface area contributed by atoms with Crippen molar-refractivity contribution in [2.45, 2.75) is 6.68 Å². The van der Waals surface area contributed by atoms with Crippen LogP contribution in [0.5, 0.6) is 0 Å². The Morgan fingerprint density at radius 3 is 1.00 bits per heavy atom. The van der Waals surface area contributed by atoms with Gasteiger partial charge in [0.2, 0.25) is 0 Å². The van der Waals surface area contributed by atoms with Gasteiger partial charge in [-0.3, -0.25) is 0 Å². The van der Waals surface area contributed by atoms with E-state index in [0.717, 1.165) is 0 Å². The molecule has 0 unspecified atom stereocenters. The van der Waals surface area contributed by atoms with E-state index in [1.54, 1.807) is 0 Å². The smallest absolute Gasteiger partial charge is 0.174 e. The van der Waals surface area contributed by atoms with E-state index in [2.05, 4.69) is 0 Å². The standard InChI is InChI=1S/CHF3.Mg.2H/c2-1(3)4;;;/h1H;;;. The van der Waals surface area contributed by atoms with Crippen LogP contribution >= 0.6 is 0 Å². The van der Waals surface area contributed by atoms with Gasteiger partial charge in [-0.25, -0.2) is 0 Å². The monoisotopic (exact) mass is 96.0 g/mol. The molecule has 0 spiro atoms. The summed E-state index contributed by atoms with van der Waals surface area (Å²) in [6, 6.07) is 0. The Labute approximate surface area is 43.5 Å². The molecule has 0 saturated heterocycles. The minimum atomic E-state index is -3.67. The molecule has 0 nitrogen and oxygen atoms in total. The van der Waals surface area contributed by atoms with Gasteiger partial charge in [0.15, 0.2) is 0 Å². The molecule has 0 aliphatic heterocycles. The van der Waals surface area contributed by atoms with E-state index in [0.29, 0.717) is 0 Å². The Morgan fingerprint density at radius 2 is 1.00 bits per heavy atom. The fourth-order valence-corrected chi connectivity index (χ4v) is 0. The predicted octanol–water partition coefficient (Wildman–Crippen LogP) is 0.262. The molecule has 0 bridgehead atoms. The van der Waals surface area contributed by atoms with Crippen LogP contribution in [0, 0.1) is 0 Å². The second kappa shape index (κ2) is 4.56. The summed E-state index contributed by atoms with van der Waals surface area (Å²) in [6.07, 6.45) is 0. The molecule has 4 heteroatoms. The van der Waals surface area contributed by atoms with Crippen LogP contribution in [0.4, 0.5) is 13.2 Å².